The van der Waals surface area contributed by atoms with Gasteiger partial charge in [-0.2, -0.15) is 5.26 Å². The number of benzene rings is 1. The van der Waals surface area contributed by atoms with Crippen molar-refractivity contribution in [3.8, 4) is 6.07 Å². The molecule has 1 rings (SSSR count). The number of amides is 1. The lowest BCUT2D eigenvalue weighted by atomic mass is 10.0. The van der Waals surface area contributed by atoms with Gasteiger partial charge in [-0.1, -0.05) is 6.07 Å². The molecule has 0 bridgehead atoms. The average Bonchev–Trinajstić information content (AvgIpc) is 2.27. The summed E-state index contributed by atoms with van der Waals surface area (Å²) in [5.41, 5.74) is 1.27. The van der Waals surface area contributed by atoms with E-state index >= 15 is 0 Å². The molecule has 0 saturated heterocycles. The second kappa shape index (κ2) is 5.12. The third-order valence-electron chi connectivity index (χ3n) is 2.14. The predicted molar refractivity (Wildman–Crippen MR) is 55.5 cm³/mol. The second-order valence-corrected chi connectivity index (χ2v) is 3.38. The van der Waals surface area contributed by atoms with E-state index in [0.29, 0.717) is 16.7 Å². The molecule has 0 unspecified atom stereocenters. The molecule has 4 nitrogen and oxygen atoms in total. The standard InChI is InChI=1S/C11H11FN2O2/c1-7(14-11(15)16)10-3-8(5-12)2-9(4-10)6-13/h2-4,7,14H,5H2,1H3,(H,15,16)/t7-/m1/s1. The van der Waals surface area contributed by atoms with Crippen molar-refractivity contribution >= 4 is 6.09 Å². The van der Waals surface area contributed by atoms with Gasteiger partial charge in [0.25, 0.3) is 0 Å². The first-order valence-electron chi connectivity index (χ1n) is 4.66. The number of hydrogen-bond donors (Lipinski definition) is 2. The maximum Gasteiger partial charge on any atom is 0.405 e. The first-order valence-corrected chi connectivity index (χ1v) is 4.66. The minimum Gasteiger partial charge on any atom is -0.465 e. The molecule has 1 atom stereocenters. The van der Waals surface area contributed by atoms with Gasteiger partial charge in [0.05, 0.1) is 17.7 Å². The molecule has 0 spiro atoms. The van der Waals surface area contributed by atoms with Crippen molar-refractivity contribution in [3.63, 3.8) is 0 Å². The Morgan fingerprint density at radius 2 is 2.31 bits per heavy atom. The summed E-state index contributed by atoms with van der Waals surface area (Å²) in [6, 6.07) is 5.96. The predicted octanol–water partition coefficient (Wildman–Crippen LogP) is 2.36. The molecule has 0 aliphatic heterocycles. The van der Waals surface area contributed by atoms with Crippen LogP contribution < -0.4 is 5.32 Å². The largest absolute Gasteiger partial charge is 0.465 e. The number of carbonyl (C=O) groups is 1. The molecular weight excluding hydrogens is 211 g/mol. The SMILES string of the molecule is C[C@@H](NC(=O)O)c1cc(C#N)cc(CF)c1. The van der Waals surface area contributed by atoms with Crippen LogP contribution in [0.5, 0.6) is 0 Å². The van der Waals surface area contributed by atoms with Gasteiger partial charge in [0.1, 0.15) is 6.67 Å². The van der Waals surface area contributed by atoms with E-state index in [-0.39, 0.29) is 0 Å². The normalized spacial score (nSPS) is 11.6. The molecule has 16 heavy (non-hydrogen) atoms. The van der Waals surface area contributed by atoms with Gasteiger partial charge < -0.3 is 10.4 Å². The number of carboxylic acid groups (broad SMARTS) is 1. The molecule has 0 fully saturated rings. The molecule has 0 radical (unpaired) electrons. The van der Waals surface area contributed by atoms with Crippen molar-refractivity contribution in [3.05, 3.63) is 34.9 Å². The van der Waals surface area contributed by atoms with Crippen LogP contribution >= 0.6 is 0 Å². The Kier molecular flexibility index (Phi) is 3.84. The van der Waals surface area contributed by atoms with Gasteiger partial charge in [-0.3, -0.25) is 0 Å². The van der Waals surface area contributed by atoms with Crippen LogP contribution in [0, 0.1) is 11.3 Å². The quantitative estimate of drug-likeness (QED) is 0.824. The molecule has 0 heterocycles. The topological polar surface area (TPSA) is 73.1 Å². The fraction of sp³-hybridized carbons (Fsp3) is 0.273. The molecule has 1 aromatic rings. The number of rotatable bonds is 3. The van der Waals surface area contributed by atoms with Gasteiger partial charge in [0.15, 0.2) is 0 Å². The van der Waals surface area contributed by atoms with Crippen LogP contribution in [0.1, 0.15) is 29.7 Å². The summed E-state index contributed by atoms with van der Waals surface area (Å²) < 4.78 is 12.5. The molecule has 84 valence electrons. The Labute approximate surface area is 92.3 Å². The third kappa shape index (κ3) is 2.95. The Hall–Kier alpha value is -2.09. The Morgan fingerprint density at radius 3 is 2.81 bits per heavy atom. The molecule has 1 amide bonds. The van der Waals surface area contributed by atoms with E-state index in [4.69, 9.17) is 10.4 Å². The number of halogens is 1. The van der Waals surface area contributed by atoms with Gasteiger partial charge in [-0.05, 0) is 30.2 Å². The molecule has 0 aliphatic carbocycles. The van der Waals surface area contributed by atoms with Crippen molar-refractivity contribution in [1.29, 1.82) is 5.26 Å². The monoisotopic (exact) mass is 222 g/mol. The van der Waals surface area contributed by atoms with E-state index < -0.39 is 18.8 Å². The fourth-order valence-corrected chi connectivity index (χ4v) is 1.38. The fourth-order valence-electron chi connectivity index (χ4n) is 1.38. The van der Waals surface area contributed by atoms with Crippen molar-refractivity contribution in [2.45, 2.75) is 19.6 Å². The zero-order valence-corrected chi connectivity index (χ0v) is 8.70. The summed E-state index contributed by atoms with van der Waals surface area (Å²) in [6.07, 6.45) is -1.16. The maximum absolute atomic E-state index is 12.5. The van der Waals surface area contributed by atoms with Crippen LogP contribution in [-0.2, 0) is 6.67 Å². The van der Waals surface area contributed by atoms with E-state index in [2.05, 4.69) is 5.32 Å². The molecular formula is C11H11FN2O2. The molecule has 2 N–H and O–H groups in total. The second-order valence-electron chi connectivity index (χ2n) is 3.38. The summed E-state index contributed by atoms with van der Waals surface area (Å²) in [7, 11) is 0. The summed E-state index contributed by atoms with van der Waals surface area (Å²) in [6.45, 7) is 0.953. The summed E-state index contributed by atoms with van der Waals surface area (Å²) in [4.78, 5) is 10.4. The molecule has 5 heteroatoms. The number of nitriles is 1. The van der Waals surface area contributed by atoms with Crippen LogP contribution in [0.2, 0.25) is 0 Å². The van der Waals surface area contributed by atoms with Crippen molar-refractivity contribution in [1.82, 2.24) is 5.32 Å². The molecule has 0 saturated carbocycles. The summed E-state index contributed by atoms with van der Waals surface area (Å²) in [5.74, 6) is 0. The van der Waals surface area contributed by atoms with Crippen molar-refractivity contribution in [2.75, 3.05) is 0 Å². The molecule has 1 aromatic carbocycles. The van der Waals surface area contributed by atoms with Crippen LogP contribution in [0.4, 0.5) is 9.18 Å². The van der Waals surface area contributed by atoms with E-state index in [0.717, 1.165) is 0 Å². The van der Waals surface area contributed by atoms with Crippen LogP contribution in [0.25, 0.3) is 0 Å². The highest BCUT2D eigenvalue weighted by Gasteiger charge is 2.10. The van der Waals surface area contributed by atoms with Gasteiger partial charge >= 0.3 is 6.09 Å². The van der Waals surface area contributed by atoms with Gasteiger partial charge in [-0.15, -0.1) is 0 Å². The number of alkyl halides is 1. The van der Waals surface area contributed by atoms with Crippen molar-refractivity contribution in [2.24, 2.45) is 0 Å². The summed E-state index contributed by atoms with van der Waals surface area (Å²) in [5, 5.41) is 19.5. The molecule has 0 aliphatic rings. The van der Waals surface area contributed by atoms with Gasteiger partial charge in [-0.25, -0.2) is 9.18 Å². The van der Waals surface area contributed by atoms with Crippen LogP contribution in [0.15, 0.2) is 18.2 Å². The Morgan fingerprint density at radius 1 is 1.62 bits per heavy atom. The first-order chi connectivity index (χ1) is 7.56. The van der Waals surface area contributed by atoms with Gasteiger partial charge in [0.2, 0.25) is 0 Å². The van der Waals surface area contributed by atoms with Gasteiger partial charge in [0, 0.05) is 0 Å². The smallest absolute Gasteiger partial charge is 0.405 e. The lowest BCUT2D eigenvalue weighted by Crippen LogP contribution is -2.24. The van der Waals surface area contributed by atoms with Crippen LogP contribution in [-0.4, -0.2) is 11.2 Å². The average molecular weight is 222 g/mol. The maximum atomic E-state index is 12.5. The van der Waals surface area contributed by atoms with E-state index in [1.54, 1.807) is 19.1 Å². The number of nitrogens with one attached hydrogen (secondary N) is 1. The number of nitrogens with zero attached hydrogens (tertiary/aromatic N) is 1. The highest BCUT2D eigenvalue weighted by Crippen LogP contribution is 2.17. The first kappa shape index (κ1) is 12.0. The minimum atomic E-state index is -1.16. The highest BCUT2D eigenvalue weighted by molar-refractivity contribution is 5.65. The van der Waals surface area contributed by atoms with Crippen molar-refractivity contribution < 1.29 is 14.3 Å². The van der Waals surface area contributed by atoms with Crippen LogP contribution in [0.3, 0.4) is 0 Å². The molecule has 0 aromatic heterocycles. The Balaban J connectivity index is 3.03. The lowest BCUT2D eigenvalue weighted by molar-refractivity contribution is 0.191. The van der Waals surface area contributed by atoms with E-state index in [9.17, 15) is 9.18 Å². The minimum absolute atomic E-state index is 0.323. The summed E-state index contributed by atoms with van der Waals surface area (Å²) >= 11 is 0. The lowest BCUT2D eigenvalue weighted by Gasteiger charge is -2.12. The van der Waals surface area contributed by atoms with E-state index in [1.165, 1.54) is 6.07 Å². The number of hydrogen-bond acceptors (Lipinski definition) is 2. The highest BCUT2D eigenvalue weighted by atomic mass is 19.1. The third-order valence-corrected chi connectivity index (χ3v) is 2.14. The zero-order valence-electron chi connectivity index (χ0n) is 8.70. The zero-order chi connectivity index (χ0) is 12.1. The Bertz CT molecular complexity index is 440. The van der Waals surface area contributed by atoms with E-state index in [1.807, 2.05) is 6.07 Å².